The van der Waals surface area contributed by atoms with Crippen molar-refractivity contribution in [3.63, 3.8) is 0 Å². The highest BCUT2D eigenvalue weighted by Crippen LogP contribution is 2.26. The topological polar surface area (TPSA) is 57.7 Å². The third-order valence-electron chi connectivity index (χ3n) is 4.72. The van der Waals surface area contributed by atoms with E-state index in [1.54, 1.807) is 0 Å². The van der Waals surface area contributed by atoms with Crippen LogP contribution in [0.5, 0.6) is 0 Å². The molecule has 0 spiro atoms. The summed E-state index contributed by atoms with van der Waals surface area (Å²) in [6.07, 6.45) is 1.81. The summed E-state index contributed by atoms with van der Waals surface area (Å²) in [5, 5.41) is 13.7. The first-order valence-corrected chi connectivity index (χ1v) is 8.43. The molecule has 5 nitrogen and oxygen atoms in total. The monoisotopic (exact) mass is 329 g/mol. The number of rotatable bonds is 3. The highest BCUT2D eigenvalue weighted by Gasteiger charge is 2.23. The van der Waals surface area contributed by atoms with Crippen LogP contribution in [0.3, 0.4) is 0 Å². The molecule has 1 aromatic carbocycles. The normalized spacial score (nSPS) is 14.1. The zero-order valence-electron chi connectivity index (χ0n) is 14.2. The Bertz CT molecular complexity index is 919. The minimum atomic E-state index is 0.705. The van der Waals surface area contributed by atoms with Crippen molar-refractivity contribution in [2.75, 3.05) is 6.54 Å². The molecule has 0 amide bonds. The summed E-state index contributed by atoms with van der Waals surface area (Å²) < 4.78 is 2.12. The van der Waals surface area contributed by atoms with Crippen molar-refractivity contribution in [2.45, 2.75) is 26.6 Å². The van der Waals surface area contributed by atoms with Gasteiger partial charge in [0.05, 0.1) is 29.6 Å². The van der Waals surface area contributed by atoms with E-state index in [2.05, 4.69) is 27.6 Å². The predicted octanol–water partition coefficient (Wildman–Crippen LogP) is 3.14. The van der Waals surface area contributed by atoms with Gasteiger partial charge in [-0.1, -0.05) is 18.2 Å². The quantitative estimate of drug-likeness (QED) is 0.741. The molecule has 0 aliphatic carbocycles. The van der Waals surface area contributed by atoms with Crippen molar-refractivity contribution >= 4 is 0 Å². The average molecular weight is 329 g/mol. The molecule has 0 atom stereocenters. The Morgan fingerprint density at radius 2 is 1.96 bits per heavy atom. The number of aromatic nitrogens is 3. The molecule has 25 heavy (non-hydrogen) atoms. The van der Waals surface area contributed by atoms with Crippen molar-refractivity contribution in [1.82, 2.24) is 19.7 Å². The average Bonchev–Trinajstić information content (AvgIpc) is 2.99. The van der Waals surface area contributed by atoms with Crippen LogP contribution in [-0.2, 0) is 19.6 Å². The van der Waals surface area contributed by atoms with Gasteiger partial charge in [0.25, 0.3) is 0 Å². The van der Waals surface area contributed by atoms with Crippen LogP contribution in [0.2, 0.25) is 0 Å². The molecule has 0 bridgehead atoms. The minimum absolute atomic E-state index is 0.705. The van der Waals surface area contributed by atoms with E-state index in [0.717, 1.165) is 37.6 Å². The first-order valence-electron chi connectivity index (χ1n) is 8.43. The van der Waals surface area contributed by atoms with Crippen LogP contribution in [0.1, 0.15) is 22.4 Å². The second-order valence-corrected chi connectivity index (χ2v) is 6.38. The van der Waals surface area contributed by atoms with Crippen LogP contribution in [0, 0.1) is 18.3 Å². The van der Waals surface area contributed by atoms with E-state index < -0.39 is 0 Å². The standard InChI is InChI=1S/C20H19N5/c1-15-19-14-24(13-17-7-5-16(12-21)6-8-17)10-11-25(19)23-20(15)18-4-2-3-9-22-18/h2-9H,10-11,13-14H2,1H3. The minimum Gasteiger partial charge on any atom is -0.291 e. The summed E-state index contributed by atoms with van der Waals surface area (Å²) in [7, 11) is 0. The van der Waals surface area contributed by atoms with Gasteiger partial charge < -0.3 is 0 Å². The zero-order chi connectivity index (χ0) is 17.2. The van der Waals surface area contributed by atoms with Crippen LogP contribution in [0.15, 0.2) is 48.7 Å². The number of benzene rings is 1. The molecular weight excluding hydrogens is 310 g/mol. The van der Waals surface area contributed by atoms with Crippen LogP contribution >= 0.6 is 0 Å². The lowest BCUT2D eigenvalue weighted by Crippen LogP contribution is -2.33. The van der Waals surface area contributed by atoms with Gasteiger partial charge in [-0.25, -0.2) is 0 Å². The second kappa shape index (κ2) is 6.50. The lowest BCUT2D eigenvalue weighted by molar-refractivity contribution is 0.204. The Morgan fingerprint density at radius 3 is 2.68 bits per heavy atom. The van der Waals surface area contributed by atoms with Gasteiger partial charge in [-0.3, -0.25) is 14.6 Å². The molecule has 3 heterocycles. The first-order chi connectivity index (χ1) is 12.2. The van der Waals surface area contributed by atoms with E-state index >= 15 is 0 Å². The molecule has 3 aromatic rings. The van der Waals surface area contributed by atoms with Crippen LogP contribution < -0.4 is 0 Å². The van der Waals surface area contributed by atoms with E-state index in [-0.39, 0.29) is 0 Å². The molecule has 0 fully saturated rings. The van der Waals surface area contributed by atoms with E-state index in [4.69, 9.17) is 10.4 Å². The Kier molecular flexibility index (Phi) is 4.04. The molecule has 0 saturated carbocycles. The Hall–Kier alpha value is -2.97. The first kappa shape index (κ1) is 15.6. The Morgan fingerprint density at radius 1 is 1.12 bits per heavy atom. The maximum absolute atomic E-state index is 8.91. The van der Waals surface area contributed by atoms with Crippen molar-refractivity contribution in [3.05, 3.63) is 71.0 Å². The van der Waals surface area contributed by atoms with Gasteiger partial charge in [-0.15, -0.1) is 0 Å². The van der Waals surface area contributed by atoms with E-state index in [0.29, 0.717) is 5.56 Å². The predicted molar refractivity (Wildman–Crippen MR) is 95.5 cm³/mol. The van der Waals surface area contributed by atoms with Crippen LogP contribution in [0.25, 0.3) is 11.4 Å². The van der Waals surface area contributed by atoms with Gasteiger partial charge in [-0.05, 0) is 36.8 Å². The number of hydrogen-bond donors (Lipinski definition) is 0. The molecule has 5 heteroatoms. The molecular formula is C20H19N5. The van der Waals surface area contributed by atoms with Crippen molar-refractivity contribution in [1.29, 1.82) is 5.26 Å². The molecule has 1 aliphatic rings. The summed E-state index contributed by atoms with van der Waals surface area (Å²) >= 11 is 0. The summed E-state index contributed by atoms with van der Waals surface area (Å²) in [6.45, 7) is 5.75. The van der Waals surface area contributed by atoms with E-state index in [1.165, 1.54) is 16.8 Å². The summed E-state index contributed by atoms with van der Waals surface area (Å²) in [5.41, 5.74) is 6.33. The zero-order valence-corrected chi connectivity index (χ0v) is 14.2. The lowest BCUT2D eigenvalue weighted by Gasteiger charge is -2.28. The number of hydrogen-bond acceptors (Lipinski definition) is 4. The van der Waals surface area contributed by atoms with Gasteiger partial charge in [0.2, 0.25) is 0 Å². The third kappa shape index (κ3) is 3.04. The number of fused-ring (bicyclic) bond motifs is 1. The number of nitriles is 1. The molecule has 0 saturated heterocycles. The molecule has 124 valence electrons. The van der Waals surface area contributed by atoms with Crippen LogP contribution in [0.4, 0.5) is 0 Å². The van der Waals surface area contributed by atoms with Crippen molar-refractivity contribution < 1.29 is 0 Å². The fourth-order valence-corrected chi connectivity index (χ4v) is 3.32. The number of pyridine rings is 1. The van der Waals surface area contributed by atoms with Gasteiger partial charge in [0.15, 0.2) is 0 Å². The SMILES string of the molecule is Cc1c(-c2ccccn2)nn2c1CN(Cc1ccc(C#N)cc1)CC2. The van der Waals surface area contributed by atoms with E-state index in [1.807, 2.05) is 48.7 Å². The summed E-state index contributed by atoms with van der Waals surface area (Å²) in [6, 6.07) is 15.9. The van der Waals surface area contributed by atoms with Gasteiger partial charge in [-0.2, -0.15) is 10.4 Å². The third-order valence-corrected chi connectivity index (χ3v) is 4.72. The molecule has 4 rings (SSSR count). The Labute approximate surface area is 147 Å². The second-order valence-electron chi connectivity index (χ2n) is 6.38. The number of nitrogens with zero attached hydrogens (tertiary/aromatic N) is 5. The molecule has 2 aromatic heterocycles. The molecule has 1 aliphatic heterocycles. The maximum Gasteiger partial charge on any atom is 0.114 e. The highest BCUT2D eigenvalue weighted by atomic mass is 15.3. The molecule has 0 radical (unpaired) electrons. The molecule has 0 N–H and O–H groups in total. The van der Waals surface area contributed by atoms with Crippen LogP contribution in [-0.4, -0.2) is 26.2 Å². The van der Waals surface area contributed by atoms with Gasteiger partial charge in [0.1, 0.15) is 5.69 Å². The smallest absolute Gasteiger partial charge is 0.114 e. The summed E-state index contributed by atoms with van der Waals surface area (Å²) in [5.74, 6) is 0. The van der Waals surface area contributed by atoms with Crippen molar-refractivity contribution in [3.8, 4) is 17.5 Å². The van der Waals surface area contributed by atoms with Gasteiger partial charge >= 0.3 is 0 Å². The van der Waals surface area contributed by atoms with Gasteiger partial charge in [0, 0.05) is 31.4 Å². The largest absolute Gasteiger partial charge is 0.291 e. The fraction of sp³-hybridized carbons (Fsp3) is 0.250. The Balaban J connectivity index is 1.55. The highest BCUT2D eigenvalue weighted by molar-refractivity contribution is 5.59. The van der Waals surface area contributed by atoms with E-state index in [9.17, 15) is 0 Å². The maximum atomic E-state index is 8.91. The van der Waals surface area contributed by atoms with Crippen molar-refractivity contribution in [2.24, 2.45) is 0 Å². The fourth-order valence-electron chi connectivity index (χ4n) is 3.32. The molecule has 0 unspecified atom stereocenters. The lowest BCUT2D eigenvalue weighted by atomic mass is 10.1. The summed E-state index contributed by atoms with van der Waals surface area (Å²) in [4.78, 5) is 6.86.